The van der Waals surface area contributed by atoms with E-state index < -0.39 is 30.4 Å². The Labute approximate surface area is 166 Å². The van der Waals surface area contributed by atoms with Crippen LogP contribution in [-0.2, 0) is 12.6 Å². The number of rotatable bonds is 4. The van der Waals surface area contributed by atoms with E-state index in [4.69, 9.17) is 2.51 Å². The molecule has 0 aromatic heterocycles. The zero-order valence-electron chi connectivity index (χ0n) is 14.4. The van der Waals surface area contributed by atoms with Gasteiger partial charge in [-0.15, -0.1) is 0 Å². The topological polar surface area (TPSA) is 43.4 Å². The molecule has 0 radical (unpaired) electrons. The van der Waals surface area contributed by atoms with Crippen LogP contribution < -0.4 is 0 Å². The van der Waals surface area contributed by atoms with Gasteiger partial charge in [0.05, 0.1) is 0 Å². The van der Waals surface area contributed by atoms with Crippen LogP contribution in [0, 0.1) is 26.2 Å². The van der Waals surface area contributed by atoms with Crippen molar-refractivity contribution in [3.63, 3.8) is 0 Å². The summed E-state index contributed by atoms with van der Waals surface area (Å²) >= 11 is -2.83. The third-order valence-electron chi connectivity index (χ3n) is 3.51. The summed E-state index contributed by atoms with van der Waals surface area (Å²) in [7, 11) is -3.93. The van der Waals surface area contributed by atoms with Gasteiger partial charge in [0.15, 0.2) is 0 Å². The van der Waals surface area contributed by atoms with Gasteiger partial charge in [0.2, 0.25) is 0 Å². The van der Waals surface area contributed by atoms with Crippen molar-refractivity contribution >= 4 is 30.4 Å². The molecule has 0 aliphatic heterocycles. The third-order valence-corrected chi connectivity index (χ3v) is 9.76. The van der Waals surface area contributed by atoms with Gasteiger partial charge in [0, 0.05) is 0 Å². The molecule has 0 aliphatic carbocycles. The van der Waals surface area contributed by atoms with Gasteiger partial charge < -0.3 is 0 Å². The average molecular weight is 494 g/mol. The van der Waals surface area contributed by atoms with Gasteiger partial charge in [-0.25, -0.2) is 0 Å². The second-order valence-corrected chi connectivity index (χ2v) is 11.4. The minimum absolute atomic E-state index is 0.106. The van der Waals surface area contributed by atoms with Crippen molar-refractivity contribution in [3.05, 3.63) is 99.4 Å². The van der Waals surface area contributed by atoms with E-state index in [0.717, 1.165) is 9.13 Å². The first-order chi connectivity index (χ1) is 12.9. The van der Waals surface area contributed by atoms with E-state index >= 15 is 0 Å². The second-order valence-electron chi connectivity index (χ2n) is 5.60. The first kappa shape index (κ1) is 19.5. The minimum atomic E-state index is -3.93. The van der Waals surface area contributed by atoms with E-state index in [2.05, 4.69) is 9.85 Å². The zero-order chi connectivity index (χ0) is 19.3. The van der Waals surface area contributed by atoms with Crippen molar-refractivity contribution in [1.29, 1.82) is 0 Å². The SMILES string of the molecule is Cc1ccc(S(=O)(=O)OI(C#Cc2ccc(F)cc2)c2ccccc2)cc1. The number of halogens is 2. The molecule has 0 fully saturated rings. The van der Waals surface area contributed by atoms with Gasteiger partial charge in [0.25, 0.3) is 0 Å². The summed E-state index contributed by atoms with van der Waals surface area (Å²) < 4.78 is 47.8. The molecule has 138 valence electrons. The van der Waals surface area contributed by atoms with Crippen LogP contribution in [0.5, 0.6) is 0 Å². The molecule has 0 atom stereocenters. The summed E-state index contributed by atoms with van der Waals surface area (Å²) in [5.41, 5.74) is 1.56. The van der Waals surface area contributed by atoms with Crippen molar-refractivity contribution in [2.75, 3.05) is 0 Å². The molecule has 0 heterocycles. The van der Waals surface area contributed by atoms with Gasteiger partial charge in [-0.3, -0.25) is 0 Å². The molecule has 27 heavy (non-hydrogen) atoms. The monoisotopic (exact) mass is 494 g/mol. The molecule has 0 spiro atoms. The van der Waals surface area contributed by atoms with Gasteiger partial charge in [0.1, 0.15) is 0 Å². The van der Waals surface area contributed by atoms with E-state index in [0.29, 0.717) is 5.56 Å². The zero-order valence-corrected chi connectivity index (χ0v) is 17.4. The quantitative estimate of drug-likeness (QED) is 0.373. The normalized spacial score (nSPS) is 11.4. The van der Waals surface area contributed by atoms with E-state index in [9.17, 15) is 12.8 Å². The molecule has 3 rings (SSSR count). The number of benzene rings is 3. The van der Waals surface area contributed by atoms with Crippen molar-refractivity contribution in [2.24, 2.45) is 0 Å². The Hall–Kier alpha value is -2.21. The molecule has 0 unspecified atom stereocenters. The molecule has 0 saturated heterocycles. The van der Waals surface area contributed by atoms with E-state index in [1.54, 1.807) is 24.3 Å². The fraction of sp³-hybridized carbons (Fsp3) is 0.0476. The molecule has 3 aromatic carbocycles. The van der Waals surface area contributed by atoms with Crippen LogP contribution in [0.3, 0.4) is 0 Å². The Morgan fingerprint density at radius 1 is 0.889 bits per heavy atom. The summed E-state index contributed by atoms with van der Waals surface area (Å²) in [5, 5.41) is 0. The maximum absolute atomic E-state index is 13.0. The van der Waals surface area contributed by atoms with E-state index in [-0.39, 0.29) is 10.7 Å². The first-order valence-corrected chi connectivity index (χ1v) is 12.4. The Morgan fingerprint density at radius 3 is 2.15 bits per heavy atom. The van der Waals surface area contributed by atoms with Crippen LogP contribution in [0.4, 0.5) is 4.39 Å². The number of hydrogen-bond donors (Lipinski definition) is 0. The van der Waals surface area contributed by atoms with Crippen LogP contribution in [0.15, 0.2) is 83.8 Å². The fourth-order valence-corrected chi connectivity index (χ4v) is 7.77. The van der Waals surface area contributed by atoms with Crippen molar-refractivity contribution < 1.29 is 15.3 Å². The molecule has 6 heteroatoms. The van der Waals surface area contributed by atoms with E-state index in [1.807, 2.05) is 37.3 Å². The molecule has 0 bridgehead atoms. The first-order valence-electron chi connectivity index (χ1n) is 7.98. The van der Waals surface area contributed by atoms with Crippen LogP contribution in [0.1, 0.15) is 11.1 Å². The number of hydrogen-bond acceptors (Lipinski definition) is 3. The van der Waals surface area contributed by atoms with Crippen LogP contribution in [0.2, 0.25) is 0 Å². The Balaban J connectivity index is 1.93. The molecule has 0 amide bonds. The predicted molar refractivity (Wildman–Crippen MR) is 112 cm³/mol. The molecule has 3 nitrogen and oxygen atoms in total. The fourth-order valence-electron chi connectivity index (χ4n) is 2.09. The molecule has 0 saturated carbocycles. The van der Waals surface area contributed by atoms with Gasteiger partial charge in [-0.2, -0.15) is 0 Å². The average Bonchev–Trinajstić information content (AvgIpc) is 2.67. The summed E-state index contributed by atoms with van der Waals surface area (Å²) in [5.74, 6) is 2.57. The van der Waals surface area contributed by atoms with Crippen LogP contribution >= 0.6 is 20.2 Å². The summed E-state index contributed by atoms with van der Waals surface area (Å²) in [6, 6.07) is 21.3. The molecular weight excluding hydrogens is 478 g/mol. The molecule has 0 aliphatic rings. The summed E-state index contributed by atoms with van der Waals surface area (Å²) in [4.78, 5) is 0.106. The third kappa shape index (κ3) is 5.39. The van der Waals surface area contributed by atoms with E-state index in [1.165, 1.54) is 24.3 Å². The summed E-state index contributed by atoms with van der Waals surface area (Å²) in [6.07, 6.45) is 0. The van der Waals surface area contributed by atoms with Crippen LogP contribution in [-0.4, -0.2) is 8.42 Å². The Bertz CT molecular complexity index is 1070. The standard InChI is InChI=1S/C21H16FIO3S/c1-17-7-13-21(14-8-17)27(24,25)26-23(20-5-3-2-4-6-20)16-15-18-9-11-19(22)12-10-18/h2-14H,1H3. The van der Waals surface area contributed by atoms with Crippen molar-refractivity contribution in [3.8, 4) is 9.85 Å². The molecular formula is C21H16FIO3S. The van der Waals surface area contributed by atoms with Gasteiger partial charge >= 0.3 is 167 Å². The Morgan fingerprint density at radius 2 is 1.52 bits per heavy atom. The Kier molecular flexibility index (Phi) is 6.26. The van der Waals surface area contributed by atoms with Gasteiger partial charge in [-0.1, -0.05) is 0 Å². The van der Waals surface area contributed by atoms with Crippen molar-refractivity contribution in [2.45, 2.75) is 11.8 Å². The molecule has 0 N–H and O–H groups in total. The number of aryl methyl sites for hydroxylation is 1. The van der Waals surface area contributed by atoms with Crippen LogP contribution in [0.25, 0.3) is 0 Å². The summed E-state index contributed by atoms with van der Waals surface area (Å²) in [6.45, 7) is 1.88. The predicted octanol–water partition coefficient (Wildman–Crippen LogP) is 5.14. The maximum atomic E-state index is 13.0. The van der Waals surface area contributed by atoms with Gasteiger partial charge in [-0.05, 0) is 0 Å². The molecule has 3 aromatic rings. The second kappa shape index (κ2) is 8.65. The van der Waals surface area contributed by atoms with Crippen molar-refractivity contribution in [1.82, 2.24) is 0 Å².